The minimum absolute atomic E-state index is 0.0923. The SMILES string of the molecule is C=CC(=O)CCc1cc(C=C)ccc1C(=O)O. The molecule has 0 aliphatic heterocycles. The summed E-state index contributed by atoms with van der Waals surface area (Å²) in [6.07, 6.45) is 3.56. The zero-order valence-corrected chi connectivity index (χ0v) is 9.48. The van der Waals surface area contributed by atoms with Crippen LogP contribution in [0.2, 0.25) is 0 Å². The molecule has 0 spiro atoms. The molecule has 0 fully saturated rings. The Morgan fingerprint density at radius 2 is 2.00 bits per heavy atom. The number of rotatable bonds is 6. The van der Waals surface area contributed by atoms with Gasteiger partial charge in [0.15, 0.2) is 5.78 Å². The second-order valence-electron chi connectivity index (χ2n) is 3.60. The van der Waals surface area contributed by atoms with Crippen LogP contribution in [0.4, 0.5) is 0 Å². The molecule has 3 nitrogen and oxygen atoms in total. The summed E-state index contributed by atoms with van der Waals surface area (Å²) < 4.78 is 0. The van der Waals surface area contributed by atoms with E-state index in [0.717, 1.165) is 5.56 Å². The summed E-state index contributed by atoms with van der Waals surface area (Å²) in [5.41, 5.74) is 1.72. The first-order valence-electron chi connectivity index (χ1n) is 5.22. The highest BCUT2D eigenvalue weighted by atomic mass is 16.4. The van der Waals surface area contributed by atoms with Crippen molar-refractivity contribution in [3.63, 3.8) is 0 Å². The van der Waals surface area contributed by atoms with Crippen LogP contribution in [-0.4, -0.2) is 16.9 Å². The van der Waals surface area contributed by atoms with Crippen molar-refractivity contribution in [1.29, 1.82) is 0 Å². The Kier molecular flexibility index (Phi) is 4.40. The first kappa shape index (κ1) is 12.9. The van der Waals surface area contributed by atoms with Crippen molar-refractivity contribution < 1.29 is 14.7 Å². The molecule has 0 saturated carbocycles. The monoisotopic (exact) mass is 230 g/mol. The number of allylic oxidation sites excluding steroid dienone is 1. The molecule has 1 rings (SSSR count). The van der Waals surface area contributed by atoms with Gasteiger partial charge in [-0.25, -0.2) is 4.79 Å². The molecule has 0 radical (unpaired) electrons. The number of ketones is 1. The lowest BCUT2D eigenvalue weighted by Crippen LogP contribution is -2.05. The zero-order chi connectivity index (χ0) is 12.8. The van der Waals surface area contributed by atoms with Gasteiger partial charge in [0, 0.05) is 6.42 Å². The van der Waals surface area contributed by atoms with Crippen LogP contribution in [-0.2, 0) is 11.2 Å². The molecule has 3 heteroatoms. The predicted molar refractivity (Wildman–Crippen MR) is 67.0 cm³/mol. The molecule has 88 valence electrons. The topological polar surface area (TPSA) is 54.4 Å². The van der Waals surface area contributed by atoms with Crippen LogP contribution in [0.1, 0.15) is 27.9 Å². The Hall–Kier alpha value is -2.16. The Morgan fingerprint density at radius 3 is 2.53 bits per heavy atom. The summed E-state index contributed by atoms with van der Waals surface area (Å²) in [5.74, 6) is -1.08. The molecule has 1 N–H and O–H groups in total. The summed E-state index contributed by atoms with van der Waals surface area (Å²) in [5, 5.41) is 9.02. The fourth-order valence-electron chi connectivity index (χ4n) is 1.52. The van der Waals surface area contributed by atoms with Crippen molar-refractivity contribution >= 4 is 17.8 Å². The summed E-state index contributed by atoms with van der Waals surface area (Å²) in [6, 6.07) is 4.97. The van der Waals surface area contributed by atoms with E-state index in [4.69, 9.17) is 5.11 Å². The van der Waals surface area contributed by atoms with Crippen molar-refractivity contribution in [3.8, 4) is 0 Å². The second-order valence-corrected chi connectivity index (χ2v) is 3.60. The van der Waals surface area contributed by atoms with E-state index in [9.17, 15) is 9.59 Å². The molecule has 0 aromatic heterocycles. The van der Waals surface area contributed by atoms with E-state index in [-0.39, 0.29) is 17.8 Å². The van der Waals surface area contributed by atoms with Crippen molar-refractivity contribution in [2.45, 2.75) is 12.8 Å². The molecule has 0 aliphatic carbocycles. The van der Waals surface area contributed by atoms with Gasteiger partial charge in [-0.1, -0.05) is 31.4 Å². The highest BCUT2D eigenvalue weighted by Gasteiger charge is 2.10. The predicted octanol–water partition coefficient (Wildman–Crippen LogP) is 2.72. The van der Waals surface area contributed by atoms with Crippen LogP contribution in [0, 0.1) is 0 Å². The molecule has 0 heterocycles. The molecule has 0 saturated heterocycles. The van der Waals surface area contributed by atoms with E-state index in [1.54, 1.807) is 18.2 Å². The third-order valence-electron chi connectivity index (χ3n) is 2.46. The van der Waals surface area contributed by atoms with Gasteiger partial charge in [0.2, 0.25) is 0 Å². The number of carbonyl (C=O) groups excluding carboxylic acids is 1. The number of aromatic carboxylic acids is 1. The number of carbonyl (C=O) groups is 2. The van der Waals surface area contributed by atoms with Gasteiger partial charge in [0.05, 0.1) is 5.56 Å². The van der Waals surface area contributed by atoms with E-state index in [2.05, 4.69) is 13.2 Å². The Balaban J connectivity index is 3.00. The molecule has 1 aromatic carbocycles. The van der Waals surface area contributed by atoms with Crippen LogP contribution in [0.3, 0.4) is 0 Å². The summed E-state index contributed by atoms with van der Waals surface area (Å²) >= 11 is 0. The maximum Gasteiger partial charge on any atom is 0.335 e. The summed E-state index contributed by atoms with van der Waals surface area (Å²) in [7, 11) is 0. The molecule has 0 bridgehead atoms. The smallest absolute Gasteiger partial charge is 0.335 e. The van der Waals surface area contributed by atoms with Crippen LogP contribution >= 0.6 is 0 Å². The molecular weight excluding hydrogens is 216 g/mol. The second kappa shape index (κ2) is 5.80. The molecular formula is C14H14O3. The van der Waals surface area contributed by atoms with Crippen molar-refractivity contribution in [1.82, 2.24) is 0 Å². The third-order valence-corrected chi connectivity index (χ3v) is 2.46. The number of carboxylic acid groups (broad SMARTS) is 1. The van der Waals surface area contributed by atoms with Gasteiger partial charge in [0.1, 0.15) is 0 Å². The first-order valence-corrected chi connectivity index (χ1v) is 5.22. The average Bonchev–Trinajstić information content (AvgIpc) is 2.35. The zero-order valence-electron chi connectivity index (χ0n) is 9.48. The molecule has 0 amide bonds. The largest absolute Gasteiger partial charge is 0.478 e. The van der Waals surface area contributed by atoms with Crippen LogP contribution in [0.15, 0.2) is 37.4 Å². The standard InChI is InChI=1S/C14H14O3/c1-3-10-5-8-13(14(16)17)11(9-10)6-7-12(15)4-2/h3-5,8-9H,1-2,6-7H2,(H,16,17). The number of hydrogen-bond donors (Lipinski definition) is 1. The minimum atomic E-state index is -0.985. The minimum Gasteiger partial charge on any atom is -0.478 e. The van der Waals surface area contributed by atoms with E-state index in [1.807, 2.05) is 0 Å². The number of carboxylic acids is 1. The fourth-order valence-corrected chi connectivity index (χ4v) is 1.52. The fraction of sp³-hybridized carbons (Fsp3) is 0.143. The van der Waals surface area contributed by atoms with Crippen molar-refractivity contribution in [3.05, 3.63) is 54.1 Å². The molecule has 0 unspecified atom stereocenters. The normalized spacial score (nSPS) is 9.65. The highest BCUT2D eigenvalue weighted by molar-refractivity contribution is 5.91. The van der Waals surface area contributed by atoms with Crippen LogP contribution < -0.4 is 0 Å². The van der Waals surface area contributed by atoms with Gasteiger partial charge in [-0.05, 0) is 29.7 Å². The van der Waals surface area contributed by atoms with Gasteiger partial charge in [-0.3, -0.25) is 4.79 Å². The van der Waals surface area contributed by atoms with Crippen LogP contribution in [0.5, 0.6) is 0 Å². The first-order chi connectivity index (χ1) is 8.08. The number of aryl methyl sites for hydroxylation is 1. The van der Waals surface area contributed by atoms with E-state index in [0.29, 0.717) is 12.0 Å². The van der Waals surface area contributed by atoms with Gasteiger partial charge in [-0.15, -0.1) is 0 Å². The van der Waals surface area contributed by atoms with E-state index >= 15 is 0 Å². The van der Waals surface area contributed by atoms with E-state index < -0.39 is 5.97 Å². The van der Waals surface area contributed by atoms with Gasteiger partial charge in [0.25, 0.3) is 0 Å². The van der Waals surface area contributed by atoms with E-state index in [1.165, 1.54) is 12.1 Å². The number of benzene rings is 1. The third kappa shape index (κ3) is 3.41. The van der Waals surface area contributed by atoms with Crippen molar-refractivity contribution in [2.24, 2.45) is 0 Å². The van der Waals surface area contributed by atoms with Crippen molar-refractivity contribution in [2.75, 3.05) is 0 Å². The van der Waals surface area contributed by atoms with Gasteiger partial charge in [-0.2, -0.15) is 0 Å². The lowest BCUT2D eigenvalue weighted by molar-refractivity contribution is -0.114. The summed E-state index contributed by atoms with van der Waals surface area (Å²) in [6.45, 7) is 7.01. The molecule has 0 aliphatic rings. The van der Waals surface area contributed by atoms with Gasteiger partial charge < -0.3 is 5.11 Å². The quantitative estimate of drug-likeness (QED) is 0.764. The maximum atomic E-state index is 11.1. The molecule has 17 heavy (non-hydrogen) atoms. The Labute approximate surface area is 100 Å². The lowest BCUT2D eigenvalue weighted by Gasteiger charge is -2.06. The number of hydrogen-bond acceptors (Lipinski definition) is 2. The average molecular weight is 230 g/mol. The van der Waals surface area contributed by atoms with Gasteiger partial charge >= 0.3 is 5.97 Å². The Bertz CT molecular complexity index is 472. The molecule has 0 atom stereocenters. The maximum absolute atomic E-state index is 11.1. The highest BCUT2D eigenvalue weighted by Crippen LogP contribution is 2.15. The molecule has 1 aromatic rings. The summed E-state index contributed by atoms with van der Waals surface area (Å²) in [4.78, 5) is 22.1. The lowest BCUT2D eigenvalue weighted by atomic mass is 9.99. The Morgan fingerprint density at radius 1 is 1.29 bits per heavy atom. The van der Waals surface area contributed by atoms with Crippen LogP contribution in [0.25, 0.3) is 6.08 Å².